The molecular formula is C7H16O2S. The Morgan fingerprint density at radius 1 is 1.30 bits per heavy atom. The van der Waals surface area contributed by atoms with Gasteiger partial charge in [0, 0.05) is 11.4 Å². The largest absolute Gasteiger partial charge is 0.396 e. The number of aliphatic hydroxyl groups is 2. The molecule has 2 N–H and O–H groups in total. The molecule has 0 unspecified atom stereocenters. The fourth-order valence-corrected chi connectivity index (χ4v) is 1.38. The highest BCUT2D eigenvalue weighted by molar-refractivity contribution is 8.00. The predicted octanol–water partition coefficient (Wildman–Crippen LogP) is 0.873. The van der Waals surface area contributed by atoms with Crippen molar-refractivity contribution in [3.05, 3.63) is 0 Å². The minimum Gasteiger partial charge on any atom is -0.396 e. The Balaban J connectivity index is 3.28. The van der Waals surface area contributed by atoms with Crippen LogP contribution in [0.25, 0.3) is 0 Å². The van der Waals surface area contributed by atoms with Crippen molar-refractivity contribution < 1.29 is 10.2 Å². The summed E-state index contributed by atoms with van der Waals surface area (Å²) < 4.78 is -0.0465. The lowest BCUT2D eigenvalue weighted by Gasteiger charge is -2.20. The number of aliphatic hydroxyl groups excluding tert-OH is 2. The lowest BCUT2D eigenvalue weighted by Crippen LogP contribution is -2.20. The fraction of sp³-hybridized carbons (Fsp3) is 1.00. The van der Waals surface area contributed by atoms with E-state index in [4.69, 9.17) is 10.2 Å². The van der Waals surface area contributed by atoms with Crippen molar-refractivity contribution in [1.29, 1.82) is 0 Å². The highest BCUT2D eigenvalue weighted by Crippen LogP contribution is 2.23. The first-order valence-electron chi connectivity index (χ1n) is 3.48. The Morgan fingerprint density at radius 3 is 2.30 bits per heavy atom. The zero-order valence-corrected chi connectivity index (χ0v) is 7.45. The molecule has 0 saturated carbocycles. The minimum absolute atomic E-state index is 0.0465. The molecule has 0 saturated heterocycles. The van der Waals surface area contributed by atoms with Gasteiger partial charge in [-0.3, -0.25) is 0 Å². The zero-order valence-electron chi connectivity index (χ0n) is 6.63. The fourth-order valence-electron chi connectivity index (χ4n) is 0.459. The van der Waals surface area contributed by atoms with E-state index in [-0.39, 0.29) is 18.0 Å². The molecule has 10 heavy (non-hydrogen) atoms. The first-order chi connectivity index (χ1) is 4.62. The van der Waals surface area contributed by atoms with E-state index in [0.717, 1.165) is 12.2 Å². The van der Waals surface area contributed by atoms with Crippen LogP contribution in [-0.2, 0) is 0 Å². The summed E-state index contributed by atoms with van der Waals surface area (Å²) in [7, 11) is 0. The van der Waals surface area contributed by atoms with Gasteiger partial charge in [0.15, 0.2) is 0 Å². The third-order valence-electron chi connectivity index (χ3n) is 1.18. The van der Waals surface area contributed by atoms with Gasteiger partial charge in [-0.1, -0.05) is 0 Å². The van der Waals surface area contributed by atoms with Gasteiger partial charge in [0.2, 0.25) is 0 Å². The van der Waals surface area contributed by atoms with E-state index >= 15 is 0 Å². The number of hydrogen-bond donors (Lipinski definition) is 2. The van der Waals surface area contributed by atoms with Gasteiger partial charge in [-0.15, -0.1) is 0 Å². The van der Waals surface area contributed by atoms with Crippen molar-refractivity contribution in [3.63, 3.8) is 0 Å². The van der Waals surface area contributed by atoms with Crippen molar-refractivity contribution in [2.45, 2.75) is 25.0 Å². The summed E-state index contributed by atoms with van der Waals surface area (Å²) in [6, 6.07) is 0. The number of hydrogen-bond acceptors (Lipinski definition) is 3. The second kappa shape index (κ2) is 4.99. The first kappa shape index (κ1) is 10.3. The van der Waals surface area contributed by atoms with Gasteiger partial charge in [-0.25, -0.2) is 0 Å². The molecule has 62 valence electrons. The van der Waals surface area contributed by atoms with Crippen molar-refractivity contribution >= 4 is 11.8 Å². The summed E-state index contributed by atoms with van der Waals surface area (Å²) in [4.78, 5) is 0. The molecule has 2 nitrogen and oxygen atoms in total. The molecule has 0 atom stereocenters. The monoisotopic (exact) mass is 164 g/mol. The van der Waals surface area contributed by atoms with Crippen LogP contribution in [0.4, 0.5) is 0 Å². The Bertz CT molecular complexity index is 83.7. The SMILES string of the molecule is CC(C)(CO)SCCCO. The Kier molecular flexibility index (Phi) is 5.13. The maximum absolute atomic E-state index is 8.81. The molecule has 0 aliphatic carbocycles. The summed E-state index contributed by atoms with van der Waals surface area (Å²) in [6.07, 6.45) is 0.814. The third-order valence-corrected chi connectivity index (χ3v) is 2.58. The molecule has 0 spiro atoms. The molecule has 3 heteroatoms. The van der Waals surface area contributed by atoms with Crippen LogP contribution >= 0.6 is 11.8 Å². The van der Waals surface area contributed by atoms with Crippen molar-refractivity contribution in [1.82, 2.24) is 0 Å². The van der Waals surface area contributed by atoms with Crippen molar-refractivity contribution in [3.8, 4) is 0 Å². The molecule has 0 aromatic heterocycles. The smallest absolute Gasteiger partial charge is 0.0572 e. The average Bonchev–Trinajstić information content (AvgIpc) is 1.89. The highest BCUT2D eigenvalue weighted by Gasteiger charge is 2.15. The lowest BCUT2D eigenvalue weighted by molar-refractivity contribution is 0.264. The standard InChI is InChI=1S/C7H16O2S/c1-7(2,6-9)10-5-3-4-8/h8-9H,3-6H2,1-2H3. The Hall–Kier alpha value is 0.270. The van der Waals surface area contributed by atoms with Gasteiger partial charge in [0.1, 0.15) is 0 Å². The van der Waals surface area contributed by atoms with Gasteiger partial charge in [0.05, 0.1) is 6.61 Å². The van der Waals surface area contributed by atoms with Crippen LogP contribution in [0.1, 0.15) is 20.3 Å². The van der Waals surface area contributed by atoms with E-state index in [2.05, 4.69) is 0 Å². The van der Waals surface area contributed by atoms with Gasteiger partial charge in [0.25, 0.3) is 0 Å². The zero-order chi connectivity index (χ0) is 8.04. The Labute approximate surface area is 66.6 Å². The average molecular weight is 164 g/mol. The first-order valence-corrected chi connectivity index (χ1v) is 4.46. The molecule has 0 aromatic carbocycles. The molecule has 0 aliphatic rings. The van der Waals surface area contributed by atoms with Crippen LogP contribution in [-0.4, -0.2) is 33.9 Å². The van der Waals surface area contributed by atoms with E-state index in [9.17, 15) is 0 Å². The molecule has 0 aromatic rings. The van der Waals surface area contributed by atoms with E-state index in [0.29, 0.717) is 0 Å². The third kappa shape index (κ3) is 5.09. The molecule has 0 heterocycles. The number of rotatable bonds is 5. The minimum atomic E-state index is -0.0465. The summed E-state index contributed by atoms with van der Waals surface area (Å²) in [5.74, 6) is 0.921. The second-order valence-corrected chi connectivity index (χ2v) is 4.65. The number of thioether (sulfide) groups is 1. The molecule has 0 rings (SSSR count). The predicted molar refractivity (Wildman–Crippen MR) is 45.3 cm³/mol. The van der Waals surface area contributed by atoms with E-state index < -0.39 is 0 Å². The van der Waals surface area contributed by atoms with E-state index in [1.807, 2.05) is 13.8 Å². The maximum atomic E-state index is 8.81. The molecule has 0 bridgehead atoms. The van der Waals surface area contributed by atoms with Crippen LogP contribution in [0.15, 0.2) is 0 Å². The van der Waals surface area contributed by atoms with Crippen molar-refractivity contribution in [2.24, 2.45) is 0 Å². The van der Waals surface area contributed by atoms with Gasteiger partial charge < -0.3 is 10.2 Å². The topological polar surface area (TPSA) is 40.5 Å². The van der Waals surface area contributed by atoms with Gasteiger partial charge >= 0.3 is 0 Å². The molecule has 0 fully saturated rings. The van der Waals surface area contributed by atoms with Crippen LogP contribution in [0, 0.1) is 0 Å². The normalized spacial score (nSPS) is 12.0. The lowest BCUT2D eigenvalue weighted by atomic mass is 10.2. The van der Waals surface area contributed by atoms with Crippen molar-refractivity contribution in [2.75, 3.05) is 19.0 Å². The summed E-state index contributed by atoms with van der Waals surface area (Å²) in [5.41, 5.74) is 0. The maximum Gasteiger partial charge on any atom is 0.0572 e. The van der Waals surface area contributed by atoms with Crippen LogP contribution < -0.4 is 0 Å². The summed E-state index contributed by atoms with van der Waals surface area (Å²) in [5, 5.41) is 17.3. The van der Waals surface area contributed by atoms with Crippen LogP contribution in [0.3, 0.4) is 0 Å². The van der Waals surface area contributed by atoms with Crippen LogP contribution in [0.5, 0.6) is 0 Å². The molecule has 0 amide bonds. The summed E-state index contributed by atoms with van der Waals surface area (Å²) >= 11 is 1.69. The van der Waals surface area contributed by atoms with Gasteiger partial charge in [-0.05, 0) is 26.0 Å². The molecule has 0 aliphatic heterocycles. The van der Waals surface area contributed by atoms with Gasteiger partial charge in [-0.2, -0.15) is 11.8 Å². The second-order valence-electron chi connectivity index (χ2n) is 2.84. The summed E-state index contributed by atoms with van der Waals surface area (Å²) in [6.45, 7) is 4.43. The van der Waals surface area contributed by atoms with E-state index in [1.54, 1.807) is 11.8 Å². The quantitative estimate of drug-likeness (QED) is 0.592. The van der Waals surface area contributed by atoms with E-state index in [1.165, 1.54) is 0 Å². The van der Waals surface area contributed by atoms with Crippen LogP contribution in [0.2, 0.25) is 0 Å². The molecule has 0 radical (unpaired) electrons. The highest BCUT2D eigenvalue weighted by atomic mass is 32.2. The molecular weight excluding hydrogens is 148 g/mol. The Morgan fingerprint density at radius 2 is 1.90 bits per heavy atom.